The smallest absolute Gasteiger partial charge is 0.0883 e. The van der Waals surface area contributed by atoms with Crippen molar-refractivity contribution < 1.29 is 0 Å². The Morgan fingerprint density at radius 1 is 1.33 bits per heavy atom. The molecular formula is C10H12N2. The fourth-order valence-electron chi connectivity index (χ4n) is 0.875. The van der Waals surface area contributed by atoms with Gasteiger partial charge in [-0.15, -0.1) is 0 Å². The molecule has 0 spiro atoms. The van der Waals surface area contributed by atoms with E-state index >= 15 is 0 Å². The van der Waals surface area contributed by atoms with Gasteiger partial charge < -0.3 is 0 Å². The molecule has 0 radical (unpaired) electrons. The average molecular weight is 160 g/mol. The Balaban J connectivity index is 2.96. The fraction of sp³-hybridized carbons (Fsp3) is 0.200. The normalized spacial score (nSPS) is 10.4. The van der Waals surface area contributed by atoms with Crippen molar-refractivity contribution in [2.45, 2.75) is 13.3 Å². The highest BCUT2D eigenvalue weighted by Crippen LogP contribution is 2.05. The number of rotatable bonds is 3. The lowest BCUT2D eigenvalue weighted by molar-refractivity contribution is 1.15. The van der Waals surface area contributed by atoms with Crippen LogP contribution in [-0.2, 0) is 0 Å². The van der Waals surface area contributed by atoms with E-state index in [1.54, 1.807) is 18.5 Å². The zero-order chi connectivity index (χ0) is 8.81. The van der Waals surface area contributed by atoms with Crippen LogP contribution in [0.3, 0.4) is 0 Å². The summed E-state index contributed by atoms with van der Waals surface area (Å²) in [6.07, 6.45) is 10.1. The second-order valence-electron chi connectivity index (χ2n) is 2.34. The fourth-order valence-corrected chi connectivity index (χ4v) is 0.875. The molecule has 0 aliphatic rings. The number of hydrogen-bond acceptors (Lipinski definition) is 2. The van der Waals surface area contributed by atoms with E-state index in [2.05, 4.69) is 29.5 Å². The average Bonchev–Trinajstić information content (AvgIpc) is 2.15. The summed E-state index contributed by atoms with van der Waals surface area (Å²) in [6.45, 7) is 5.75. The molecule has 1 aromatic heterocycles. The van der Waals surface area contributed by atoms with Gasteiger partial charge in [-0.05, 0) is 18.6 Å². The first-order chi connectivity index (χ1) is 5.88. The molecule has 0 bridgehead atoms. The van der Waals surface area contributed by atoms with E-state index in [4.69, 9.17) is 0 Å². The van der Waals surface area contributed by atoms with Crippen LogP contribution in [0.15, 0.2) is 25.0 Å². The van der Waals surface area contributed by atoms with Gasteiger partial charge in [-0.25, -0.2) is 0 Å². The molecule has 0 unspecified atom stereocenters. The molecule has 0 fully saturated rings. The van der Waals surface area contributed by atoms with Crippen molar-refractivity contribution in [1.82, 2.24) is 9.97 Å². The van der Waals surface area contributed by atoms with E-state index in [0.29, 0.717) is 0 Å². The second-order valence-corrected chi connectivity index (χ2v) is 2.34. The SMILES string of the molecule is C=Cc1nccnc1/C=C\CC. The van der Waals surface area contributed by atoms with Crippen LogP contribution in [0, 0.1) is 0 Å². The van der Waals surface area contributed by atoms with E-state index in [1.165, 1.54) is 0 Å². The van der Waals surface area contributed by atoms with Gasteiger partial charge in [-0.2, -0.15) is 0 Å². The molecule has 0 aromatic carbocycles. The van der Waals surface area contributed by atoms with Crippen molar-refractivity contribution in [1.29, 1.82) is 0 Å². The van der Waals surface area contributed by atoms with Crippen LogP contribution in [0.4, 0.5) is 0 Å². The summed E-state index contributed by atoms with van der Waals surface area (Å²) in [4.78, 5) is 8.28. The Bertz CT molecular complexity index is 290. The van der Waals surface area contributed by atoms with E-state index < -0.39 is 0 Å². The van der Waals surface area contributed by atoms with Gasteiger partial charge in [0.2, 0.25) is 0 Å². The van der Waals surface area contributed by atoms with Crippen LogP contribution in [0.25, 0.3) is 12.2 Å². The molecule has 2 heteroatoms. The van der Waals surface area contributed by atoms with Crippen LogP contribution in [0.1, 0.15) is 24.7 Å². The summed E-state index contributed by atoms with van der Waals surface area (Å²) in [6, 6.07) is 0. The lowest BCUT2D eigenvalue weighted by atomic mass is 10.2. The Hall–Kier alpha value is -1.44. The summed E-state index contributed by atoms with van der Waals surface area (Å²) in [5, 5.41) is 0. The Labute approximate surface area is 72.7 Å². The van der Waals surface area contributed by atoms with Crippen LogP contribution in [0.5, 0.6) is 0 Å². The van der Waals surface area contributed by atoms with E-state index in [0.717, 1.165) is 17.8 Å². The lowest BCUT2D eigenvalue weighted by Crippen LogP contribution is -1.88. The predicted octanol–water partition coefficient (Wildman–Crippen LogP) is 2.54. The van der Waals surface area contributed by atoms with Crippen molar-refractivity contribution in [2.24, 2.45) is 0 Å². The topological polar surface area (TPSA) is 25.8 Å². The van der Waals surface area contributed by atoms with Gasteiger partial charge in [0.1, 0.15) is 0 Å². The predicted molar refractivity (Wildman–Crippen MR) is 51.4 cm³/mol. The lowest BCUT2D eigenvalue weighted by Gasteiger charge is -1.95. The third-order valence-corrected chi connectivity index (χ3v) is 1.46. The number of nitrogens with zero attached hydrogens (tertiary/aromatic N) is 2. The third kappa shape index (κ3) is 2.02. The van der Waals surface area contributed by atoms with Gasteiger partial charge in [0.05, 0.1) is 11.4 Å². The minimum Gasteiger partial charge on any atom is -0.253 e. The summed E-state index contributed by atoms with van der Waals surface area (Å²) in [7, 11) is 0. The standard InChI is InChI=1S/C10H12N2/c1-3-5-6-10-9(4-2)11-7-8-12-10/h4-8H,2-3H2,1H3/b6-5-. The monoisotopic (exact) mass is 160 g/mol. The van der Waals surface area contributed by atoms with Gasteiger partial charge >= 0.3 is 0 Å². The molecule has 0 saturated heterocycles. The largest absolute Gasteiger partial charge is 0.253 e. The third-order valence-electron chi connectivity index (χ3n) is 1.46. The molecule has 0 aliphatic heterocycles. The van der Waals surface area contributed by atoms with Crippen LogP contribution in [0.2, 0.25) is 0 Å². The zero-order valence-electron chi connectivity index (χ0n) is 7.20. The Morgan fingerprint density at radius 3 is 2.58 bits per heavy atom. The molecule has 0 aliphatic carbocycles. The maximum absolute atomic E-state index is 4.17. The summed E-state index contributed by atoms with van der Waals surface area (Å²) in [5.74, 6) is 0. The van der Waals surface area contributed by atoms with Crippen molar-refractivity contribution in [3.63, 3.8) is 0 Å². The first-order valence-corrected chi connectivity index (χ1v) is 3.98. The van der Waals surface area contributed by atoms with Gasteiger partial charge in [0.15, 0.2) is 0 Å². The molecule has 1 aromatic rings. The molecule has 1 heterocycles. The van der Waals surface area contributed by atoms with Gasteiger partial charge in [-0.3, -0.25) is 9.97 Å². The first kappa shape index (κ1) is 8.65. The summed E-state index contributed by atoms with van der Waals surface area (Å²) < 4.78 is 0. The van der Waals surface area contributed by atoms with Gasteiger partial charge in [0, 0.05) is 12.4 Å². The number of aromatic nitrogens is 2. The highest BCUT2D eigenvalue weighted by Gasteiger charge is 1.94. The molecule has 0 saturated carbocycles. The maximum atomic E-state index is 4.17. The van der Waals surface area contributed by atoms with Gasteiger partial charge in [-0.1, -0.05) is 19.6 Å². The minimum atomic E-state index is 0.835. The molecule has 0 amide bonds. The van der Waals surface area contributed by atoms with E-state index in [-0.39, 0.29) is 0 Å². The molecule has 62 valence electrons. The molecule has 1 rings (SSSR count). The molecule has 0 N–H and O–H groups in total. The first-order valence-electron chi connectivity index (χ1n) is 3.98. The Morgan fingerprint density at radius 2 is 2.00 bits per heavy atom. The Kier molecular flexibility index (Phi) is 3.20. The summed E-state index contributed by atoms with van der Waals surface area (Å²) >= 11 is 0. The molecular weight excluding hydrogens is 148 g/mol. The molecule has 0 atom stereocenters. The number of allylic oxidation sites excluding steroid dienone is 1. The van der Waals surface area contributed by atoms with Crippen molar-refractivity contribution in [3.8, 4) is 0 Å². The summed E-state index contributed by atoms with van der Waals surface area (Å²) in [5.41, 5.74) is 1.72. The van der Waals surface area contributed by atoms with Crippen molar-refractivity contribution in [2.75, 3.05) is 0 Å². The second kappa shape index (κ2) is 4.44. The van der Waals surface area contributed by atoms with E-state index in [1.807, 2.05) is 6.08 Å². The maximum Gasteiger partial charge on any atom is 0.0883 e. The van der Waals surface area contributed by atoms with Crippen LogP contribution >= 0.6 is 0 Å². The highest BCUT2D eigenvalue weighted by atomic mass is 14.8. The van der Waals surface area contributed by atoms with Crippen molar-refractivity contribution in [3.05, 3.63) is 36.4 Å². The quantitative estimate of drug-likeness (QED) is 0.679. The minimum absolute atomic E-state index is 0.835. The number of hydrogen-bond donors (Lipinski definition) is 0. The van der Waals surface area contributed by atoms with Gasteiger partial charge in [0.25, 0.3) is 0 Å². The van der Waals surface area contributed by atoms with E-state index in [9.17, 15) is 0 Å². The molecule has 12 heavy (non-hydrogen) atoms. The zero-order valence-corrected chi connectivity index (χ0v) is 7.20. The highest BCUT2D eigenvalue weighted by molar-refractivity contribution is 5.57. The van der Waals surface area contributed by atoms with Crippen molar-refractivity contribution >= 4 is 12.2 Å². The van der Waals surface area contributed by atoms with Crippen LogP contribution in [-0.4, -0.2) is 9.97 Å². The molecule has 2 nitrogen and oxygen atoms in total. The van der Waals surface area contributed by atoms with Crippen LogP contribution < -0.4 is 0 Å².